The summed E-state index contributed by atoms with van der Waals surface area (Å²) in [5.74, 6) is -7.51. The van der Waals surface area contributed by atoms with Crippen molar-refractivity contribution in [2.45, 2.75) is 73.5 Å². The molecule has 0 radical (unpaired) electrons. The second-order valence-electron chi connectivity index (χ2n) is 12.2. The molecule has 2 aromatic carbocycles. The number of hydrogen-bond acceptors (Lipinski definition) is 15. The van der Waals surface area contributed by atoms with E-state index in [0.29, 0.717) is 5.56 Å². The Bertz CT molecular complexity index is 1900. The van der Waals surface area contributed by atoms with Gasteiger partial charge in [0.15, 0.2) is 0 Å². The van der Waals surface area contributed by atoms with Crippen molar-refractivity contribution < 1.29 is 63.4 Å². The lowest BCUT2D eigenvalue weighted by atomic mass is 10.1. The summed E-state index contributed by atoms with van der Waals surface area (Å²) in [5.41, 5.74) is 21.6. The summed E-state index contributed by atoms with van der Waals surface area (Å²) < 4.78 is 0. The zero-order valence-corrected chi connectivity index (χ0v) is 32.8. The van der Waals surface area contributed by atoms with Crippen LogP contribution in [0.4, 0.5) is 5.69 Å². The van der Waals surface area contributed by atoms with E-state index in [9.17, 15) is 58.4 Å². The fraction of sp³-hybridized carbons (Fsp3) is 0.382. The number of carboxylic acids is 3. The number of carbonyl (C=O) groups excluding carboxylic acids is 6. The summed E-state index contributed by atoms with van der Waals surface area (Å²) in [6, 6.07) is 3.61. The minimum absolute atomic E-state index is 0.0583. The van der Waals surface area contributed by atoms with Crippen LogP contribution in [-0.4, -0.2) is 116 Å². The summed E-state index contributed by atoms with van der Waals surface area (Å²) >= 11 is 2.07. The number of aryl methyl sites for hydroxylation is 1. The Morgan fingerprint density at radius 3 is 1.60 bits per heavy atom. The van der Waals surface area contributed by atoms with Crippen LogP contribution >= 0.6 is 23.5 Å². The lowest BCUT2D eigenvalue weighted by Crippen LogP contribution is -2.49. The zero-order valence-electron chi connectivity index (χ0n) is 31.1. The van der Waals surface area contributed by atoms with Crippen LogP contribution in [0, 0.1) is 17.0 Å². The highest BCUT2D eigenvalue weighted by atomic mass is 32.2. The van der Waals surface area contributed by atoms with Crippen molar-refractivity contribution in [1.29, 1.82) is 0 Å². The number of ketones is 1. The molecule has 14 N–H and O–H groups in total. The molecule has 0 aliphatic carbocycles. The Morgan fingerprint density at radius 2 is 1.17 bits per heavy atom. The van der Waals surface area contributed by atoms with Gasteiger partial charge in [-0.05, 0) is 62.6 Å². The first-order valence-electron chi connectivity index (χ1n) is 16.8. The molecule has 0 heterocycles. The largest absolute Gasteiger partial charge is 0.480 e. The number of nitrogens with zero attached hydrogens (tertiary/aromatic N) is 1. The van der Waals surface area contributed by atoms with Crippen LogP contribution in [0.3, 0.4) is 0 Å². The predicted molar refractivity (Wildman–Crippen MR) is 208 cm³/mol. The van der Waals surface area contributed by atoms with Crippen LogP contribution in [0.2, 0.25) is 0 Å². The Hall–Kier alpha value is -6.11. The second kappa shape index (κ2) is 24.5. The molecule has 4 unspecified atom stereocenters. The second-order valence-corrected chi connectivity index (χ2v) is 14.4. The molecule has 58 heavy (non-hydrogen) atoms. The predicted octanol–water partition coefficient (Wildman–Crippen LogP) is -0.885. The smallest absolute Gasteiger partial charge is 0.327 e. The molecule has 4 atom stereocenters. The molecule has 0 saturated heterocycles. The number of nitro groups is 1. The van der Waals surface area contributed by atoms with Crippen LogP contribution in [-0.2, 0) is 33.6 Å². The maximum atomic E-state index is 12.4. The van der Waals surface area contributed by atoms with Crippen molar-refractivity contribution in [3.63, 3.8) is 0 Å². The van der Waals surface area contributed by atoms with E-state index in [-0.39, 0.29) is 60.0 Å². The van der Waals surface area contributed by atoms with Gasteiger partial charge in [0, 0.05) is 46.4 Å². The molecule has 2 rings (SSSR count). The quantitative estimate of drug-likeness (QED) is 0.0368. The van der Waals surface area contributed by atoms with E-state index in [2.05, 4.69) is 16.0 Å². The Morgan fingerprint density at radius 1 is 0.724 bits per heavy atom. The molecule has 5 amide bonds. The van der Waals surface area contributed by atoms with Gasteiger partial charge in [-0.25, -0.2) is 4.79 Å². The highest BCUT2D eigenvalue weighted by Gasteiger charge is 2.25. The lowest BCUT2D eigenvalue weighted by molar-refractivity contribution is -0.387. The van der Waals surface area contributed by atoms with E-state index < -0.39 is 82.2 Å². The molecular formula is C34H44N8O14S2. The van der Waals surface area contributed by atoms with Gasteiger partial charge in [-0.15, -0.1) is 23.5 Å². The fourth-order valence-corrected chi connectivity index (χ4v) is 6.34. The van der Waals surface area contributed by atoms with Crippen molar-refractivity contribution in [2.75, 3.05) is 18.1 Å². The van der Waals surface area contributed by atoms with E-state index in [1.807, 2.05) is 0 Å². The Balaban J connectivity index is 0.000000593. The number of primary amides is 2. The maximum Gasteiger partial charge on any atom is 0.327 e. The van der Waals surface area contributed by atoms with E-state index in [1.165, 1.54) is 30.8 Å². The number of amides is 5. The third-order valence-corrected chi connectivity index (χ3v) is 9.93. The molecule has 0 aliphatic heterocycles. The molecule has 0 aliphatic rings. The number of rotatable bonds is 23. The highest BCUT2D eigenvalue weighted by Crippen LogP contribution is 2.30. The summed E-state index contributed by atoms with van der Waals surface area (Å²) in [5, 5.41) is 45.1. The van der Waals surface area contributed by atoms with Crippen LogP contribution < -0.4 is 38.9 Å². The minimum Gasteiger partial charge on any atom is -0.480 e. The first-order chi connectivity index (χ1) is 27.0. The maximum absolute atomic E-state index is 12.4. The van der Waals surface area contributed by atoms with Gasteiger partial charge in [0.1, 0.15) is 30.0 Å². The average Bonchev–Trinajstić information content (AvgIpc) is 3.15. The molecular weight excluding hydrogens is 809 g/mol. The van der Waals surface area contributed by atoms with Crippen molar-refractivity contribution >= 4 is 82.4 Å². The number of nitro benzene ring substituents is 1. The van der Waals surface area contributed by atoms with Crippen molar-refractivity contribution in [2.24, 2.45) is 22.9 Å². The lowest BCUT2D eigenvalue weighted by Gasteiger charge is -2.18. The number of aliphatic carboxylic acids is 3. The van der Waals surface area contributed by atoms with Crippen LogP contribution in [0.15, 0.2) is 46.2 Å². The fourth-order valence-electron chi connectivity index (χ4n) is 4.29. The number of carboxylic acid groups (broad SMARTS) is 3. The number of nitrogens with two attached hydrogens (primary N) is 4. The summed E-state index contributed by atoms with van der Waals surface area (Å²) in [6.45, 7) is 2.73. The Labute approximate surface area is 338 Å². The van der Waals surface area contributed by atoms with Crippen molar-refractivity contribution in [3.8, 4) is 0 Å². The number of Topliss-reactive ketones (excluding diaryl/α,β-unsaturated/α-hetero) is 1. The highest BCUT2D eigenvalue weighted by molar-refractivity contribution is 7.99. The van der Waals surface area contributed by atoms with Crippen LogP contribution in [0.5, 0.6) is 0 Å². The molecule has 22 nitrogen and oxygen atoms in total. The molecule has 316 valence electrons. The molecule has 2 aromatic rings. The van der Waals surface area contributed by atoms with E-state index >= 15 is 0 Å². The van der Waals surface area contributed by atoms with Crippen molar-refractivity contribution in [1.82, 2.24) is 16.0 Å². The third kappa shape index (κ3) is 18.2. The Kier molecular flexibility index (Phi) is 21.1. The van der Waals surface area contributed by atoms with Gasteiger partial charge in [0.25, 0.3) is 5.69 Å². The van der Waals surface area contributed by atoms with Crippen LogP contribution in [0.25, 0.3) is 0 Å². The first-order valence-corrected chi connectivity index (χ1v) is 18.8. The van der Waals surface area contributed by atoms with E-state index in [1.54, 1.807) is 25.1 Å². The average molecular weight is 853 g/mol. The number of hydrogen-bond donors (Lipinski definition) is 10. The van der Waals surface area contributed by atoms with Gasteiger partial charge in [0.05, 0.1) is 16.4 Å². The van der Waals surface area contributed by atoms with Crippen molar-refractivity contribution in [3.05, 3.63) is 63.2 Å². The zero-order chi connectivity index (χ0) is 44.3. The minimum atomic E-state index is -1.28. The SMILES string of the molecule is CC(=O)CNC(=O)C(CSc1ccc(C(N)=O)cc1[N+](=O)[O-])NC(=O)CCC(N)C(=O)O.Cc1cc(C(N)=O)ccc1SCC(NC(=O)CCC(N)C(=O)O)C(=O)O. The molecule has 24 heteroatoms. The third-order valence-electron chi connectivity index (χ3n) is 7.51. The summed E-state index contributed by atoms with van der Waals surface area (Å²) in [6.07, 6.45) is -0.721. The van der Waals surface area contributed by atoms with Gasteiger partial charge < -0.3 is 54.2 Å². The monoisotopic (exact) mass is 852 g/mol. The van der Waals surface area contributed by atoms with E-state index in [4.69, 9.17) is 33.1 Å². The molecule has 0 spiro atoms. The van der Waals surface area contributed by atoms with Gasteiger partial charge in [-0.2, -0.15) is 0 Å². The normalized spacial score (nSPS) is 12.6. The molecule has 0 aromatic heterocycles. The van der Waals surface area contributed by atoms with Gasteiger partial charge in [-0.3, -0.25) is 48.5 Å². The first kappa shape index (κ1) is 49.9. The standard InChI is InChI=1S/C18H23N5O8S.C16H21N3O6S/c1-9(24)7-21-17(27)12(22-15(25)5-3-11(19)18(28)29)8-32-14-4-2-10(16(20)26)6-13(14)23(30)31;1-8-6-9(14(18)21)2-4-12(8)26-7-11(16(24)25)19-13(20)5-3-10(17)15(22)23/h2,4,6,11-12H,3,5,7-8,19H2,1H3,(H2,20,26)(H,21,27)(H,22,25)(H,28,29);2,4,6,10-11H,3,5,7,17H2,1H3,(H2,18,21)(H,19,20)(H,22,23)(H,24,25). The van der Waals surface area contributed by atoms with Gasteiger partial charge in [0.2, 0.25) is 29.5 Å². The van der Waals surface area contributed by atoms with Gasteiger partial charge in [-0.1, -0.05) is 0 Å². The topological polar surface area (TPSA) is 398 Å². The molecule has 0 saturated carbocycles. The number of benzene rings is 2. The summed E-state index contributed by atoms with van der Waals surface area (Å²) in [7, 11) is 0. The van der Waals surface area contributed by atoms with Gasteiger partial charge >= 0.3 is 17.9 Å². The van der Waals surface area contributed by atoms with E-state index in [0.717, 1.165) is 28.3 Å². The van der Waals surface area contributed by atoms with Crippen LogP contribution in [0.1, 0.15) is 58.9 Å². The molecule has 0 bridgehead atoms. The number of carbonyl (C=O) groups is 9. The number of thioether (sulfide) groups is 2. The summed E-state index contributed by atoms with van der Waals surface area (Å²) in [4.78, 5) is 114. The number of nitrogens with one attached hydrogen (secondary N) is 3. The molecule has 0 fully saturated rings.